The van der Waals surface area contributed by atoms with Gasteiger partial charge in [0.15, 0.2) is 0 Å². The Bertz CT molecular complexity index is 188. The highest BCUT2D eigenvalue weighted by Crippen LogP contribution is 2.24. The van der Waals surface area contributed by atoms with Gasteiger partial charge < -0.3 is 14.8 Å². The molecule has 15 heavy (non-hydrogen) atoms. The van der Waals surface area contributed by atoms with Crippen LogP contribution in [0.25, 0.3) is 0 Å². The van der Waals surface area contributed by atoms with Crippen LogP contribution in [0.1, 0.15) is 40.0 Å². The topological polar surface area (TPSA) is 30.5 Å². The second-order valence-corrected chi connectivity index (χ2v) is 5.26. The lowest BCUT2D eigenvalue weighted by molar-refractivity contribution is -0.00575. The van der Waals surface area contributed by atoms with Gasteiger partial charge in [-0.25, -0.2) is 0 Å². The van der Waals surface area contributed by atoms with Gasteiger partial charge in [-0.1, -0.05) is 0 Å². The molecule has 3 heteroatoms. The molecule has 0 bridgehead atoms. The van der Waals surface area contributed by atoms with Crippen LogP contribution in [0.2, 0.25) is 0 Å². The molecule has 0 aromatic carbocycles. The Balaban J connectivity index is 2.17. The monoisotopic (exact) mass is 215 g/mol. The van der Waals surface area contributed by atoms with Gasteiger partial charge in [-0.3, -0.25) is 0 Å². The summed E-state index contributed by atoms with van der Waals surface area (Å²) in [4.78, 5) is 0. The van der Waals surface area contributed by atoms with Crippen molar-refractivity contribution in [2.24, 2.45) is 0 Å². The molecule has 0 aromatic rings. The van der Waals surface area contributed by atoms with Gasteiger partial charge in [-0.2, -0.15) is 0 Å². The Morgan fingerprint density at radius 1 is 1.33 bits per heavy atom. The third-order valence-corrected chi connectivity index (χ3v) is 3.30. The summed E-state index contributed by atoms with van der Waals surface area (Å²) >= 11 is 0. The molecular weight excluding hydrogens is 190 g/mol. The number of hydrogen-bond acceptors (Lipinski definition) is 3. The molecule has 0 aromatic heterocycles. The van der Waals surface area contributed by atoms with Gasteiger partial charge in [0.1, 0.15) is 0 Å². The summed E-state index contributed by atoms with van der Waals surface area (Å²) in [5, 5.41) is 3.61. The quantitative estimate of drug-likeness (QED) is 0.734. The predicted octanol–water partition coefficient (Wildman–Crippen LogP) is 1.96. The smallest absolute Gasteiger partial charge is 0.0637 e. The van der Waals surface area contributed by atoms with Crippen molar-refractivity contribution in [2.45, 2.75) is 63.8 Å². The molecule has 1 atom stereocenters. The molecule has 0 spiro atoms. The molecular formula is C12H25NO2. The van der Waals surface area contributed by atoms with Crippen molar-refractivity contribution in [3.63, 3.8) is 0 Å². The first-order valence-electron chi connectivity index (χ1n) is 5.81. The van der Waals surface area contributed by atoms with Crippen LogP contribution in [-0.2, 0) is 9.47 Å². The molecule has 0 amide bonds. The van der Waals surface area contributed by atoms with Gasteiger partial charge in [0, 0.05) is 26.3 Å². The zero-order valence-electron chi connectivity index (χ0n) is 10.7. The lowest BCUT2D eigenvalue weighted by Crippen LogP contribution is -2.49. The van der Waals surface area contributed by atoms with E-state index in [-0.39, 0.29) is 5.60 Å². The van der Waals surface area contributed by atoms with E-state index in [0.29, 0.717) is 18.2 Å². The molecule has 1 aliphatic rings. The lowest BCUT2D eigenvalue weighted by atomic mass is 9.88. The molecule has 1 fully saturated rings. The highest BCUT2D eigenvalue weighted by atomic mass is 16.5. The average molecular weight is 215 g/mol. The van der Waals surface area contributed by atoms with Crippen molar-refractivity contribution >= 4 is 0 Å². The maximum absolute atomic E-state index is 5.42. The minimum absolute atomic E-state index is 0.0309. The van der Waals surface area contributed by atoms with E-state index < -0.39 is 0 Å². The Labute approximate surface area is 93.5 Å². The Hall–Kier alpha value is -0.120. The fourth-order valence-electron chi connectivity index (χ4n) is 2.18. The maximum Gasteiger partial charge on any atom is 0.0637 e. The molecule has 0 aliphatic heterocycles. The second kappa shape index (κ2) is 5.28. The van der Waals surface area contributed by atoms with E-state index in [4.69, 9.17) is 9.47 Å². The van der Waals surface area contributed by atoms with E-state index >= 15 is 0 Å². The zero-order chi connectivity index (χ0) is 11.5. The first-order chi connectivity index (χ1) is 6.96. The fraction of sp³-hybridized carbons (Fsp3) is 1.00. The largest absolute Gasteiger partial charge is 0.381 e. The zero-order valence-corrected chi connectivity index (χ0v) is 10.7. The summed E-state index contributed by atoms with van der Waals surface area (Å²) in [6, 6.07) is 1.14. The van der Waals surface area contributed by atoms with E-state index in [0.717, 1.165) is 19.3 Å². The molecule has 1 aliphatic carbocycles. The lowest BCUT2D eigenvalue weighted by Gasteiger charge is -2.38. The highest BCUT2D eigenvalue weighted by Gasteiger charge is 2.30. The predicted molar refractivity (Wildman–Crippen MR) is 62.1 cm³/mol. The molecule has 0 heterocycles. The van der Waals surface area contributed by atoms with Crippen LogP contribution in [0, 0.1) is 0 Å². The maximum atomic E-state index is 5.42. The Kier molecular flexibility index (Phi) is 4.56. The average Bonchev–Trinajstić information content (AvgIpc) is 2.10. The highest BCUT2D eigenvalue weighted by molar-refractivity contribution is 4.88. The van der Waals surface area contributed by atoms with E-state index in [1.807, 2.05) is 0 Å². The van der Waals surface area contributed by atoms with Crippen LogP contribution >= 0.6 is 0 Å². The van der Waals surface area contributed by atoms with Crippen molar-refractivity contribution in [3.8, 4) is 0 Å². The van der Waals surface area contributed by atoms with Crippen molar-refractivity contribution in [3.05, 3.63) is 0 Å². The van der Waals surface area contributed by atoms with Crippen LogP contribution in [0.5, 0.6) is 0 Å². The van der Waals surface area contributed by atoms with E-state index in [2.05, 4.69) is 26.1 Å². The minimum atomic E-state index is -0.0309. The summed E-state index contributed by atoms with van der Waals surface area (Å²) in [7, 11) is 3.56. The normalized spacial score (nSPS) is 28.6. The summed E-state index contributed by atoms with van der Waals surface area (Å²) in [6.07, 6.45) is 3.81. The molecule has 0 radical (unpaired) electrons. The summed E-state index contributed by atoms with van der Waals surface area (Å²) in [5.74, 6) is 0. The van der Waals surface area contributed by atoms with Crippen LogP contribution in [-0.4, -0.2) is 38.0 Å². The van der Waals surface area contributed by atoms with Gasteiger partial charge in [0.2, 0.25) is 0 Å². The van der Waals surface area contributed by atoms with Gasteiger partial charge in [-0.15, -0.1) is 0 Å². The number of methoxy groups -OCH3 is 2. The van der Waals surface area contributed by atoms with Gasteiger partial charge in [0.05, 0.1) is 11.7 Å². The summed E-state index contributed by atoms with van der Waals surface area (Å²) in [6.45, 7) is 6.48. The van der Waals surface area contributed by atoms with Crippen molar-refractivity contribution in [2.75, 3.05) is 14.2 Å². The fourth-order valence-corrected chi connectivity index (χ4v) is 2.18. The molecule has 3 nitrogen and oxygen atoms in total. The van der Waals surface area contributed by atoms with Crippen LogP contribution in [0.4, 0.5) is 0 Å². The van der Waals surface area contributed by atoms with Crippen molar-refractivity contribution in [1.82, 2.24) is 5.32 Å². The Morgan fingerprint density at radius 3 is 2.40 bits per heavy atom. The third-order valence-electron chi connectivity index (χ3n) is 3.30. The van der Waals surface area contributed by atoms with Gasteiger partial charge >= 0.3 is 0 Å². The standard InChI is InChI=1S/C12H25NO2/c1-9(8-12(2,3)15-5)13-10-6-11(7-10)14-4/h9-11,13H,6-8H2,1-5H3. The van der Waals surface area contributed by atoms with E-state index in [1.165, 1.54) is 0 Å². The minimum Gasteiger partial charge on any atom is -0.381 e. The van der Waals surface area contributed by atoms with Crippen molar-refractivity contribution < 1.29 is 9.47 Å². The first kappa shape index (κ1) is 12.9. The molecule has 0 saturated heterocycles. The van der Waals surface area contributed by atoms with E-state index in [1.54, 1.807) is 14.2 Å². The Morgan fingerprint density at radius 2 is 1.93 bits per heavy atom. The molecule has 1 rings (SSSR count). The number of nitrogens with one attached hydrogen (secondary N) is 1. The molecule has 90 valence electrons. The summed E-state index contributed by atoms with van der Waals surface area (Å²) in [5.41, 5.74) is -0.0309. The van der Waals surface area contributed by atoms with E-state index in [9.17, 15) is 0 Å². The van der Waals surface area contributed by atoms with Gasteiger partial charge in [-0.05, 0) is 40.0 Å². The SMILES string of the molecule is COC1CC(NC(C)CC(C)(C)OC)C1. The third kappa shape index (κ3) is 4.09. The van der Waals surface area contributed by atoms with Crippen molar-refractivity contribution in [1.29, 1.82) is 0 Å². The molecule has 1 saturated carbocycles. The number of rotatable bonds is 6. The number of ether oxygens (including phenoxy) is 2. The number of hydrogen-bond donors (Lipinski definition) is 1. The van der Waals surface area contributed by atoms with Crippen LogP contribution < -0.4 is 5.32 Å². The van der Waals surface area contributed by atoms with Gasteiger partial charge in [0.25, 0.3) is 0 Å². The van der Waals surface area contributed by atoms with Crippen LogP contribution in [0.3, 0.4) is 0 Å². The van der Waals surface area contributed by atoms with Crippen LogP contribution in [0.15, 0.2) is 0 Å². The molecule has 1 N–H and O–H groups in total. The molecule has 1 unspecified atom stereocenters. The summed E-state index contributed by atoms with van der Waals surface area (Å²) < 4.78 is 10.7. The second-order valence-electron chi connectivity index (χ2n) is 5.26. The first-order valence-corrected chi connectivity index (χ1v) is 5.81.